The highest BCUT2D eigenvalue weighted by atomic mass is 32.2. The third-order valence-electron chi connectivity index (χ3n) is 5.76. The van der Waals surface area contributed by atoms with Gasteiger partial charge in [-0.25, -0.2) is 8.42 Å². The quantitative estimate of drug-likeness (QED) is 0.297. The fraction of sp³-hybridized carbons (Fsp3) is 0.385. The molecule has 9 heteroatoms. The summed E-state index contributed by atoms with van der Waals surface area (Å²) in [5.74, 6) is 2.35. The minimum Gasteiger partial charge on any atom is -0.497 e. The van der Waals surface area contributed by atoms with Crippen LogP contribution in [0.25, 0.3) is 0 Å². The van der Waals surface area contributed by atoms with Gasteiger partial charge in [0.05, 0.1) is 19.5 Å². The molecule has 0 aliphatic rings. The molecule has 0 aliphatic heterocycles. The van der Waals surface area contributed by atoms with Crippen molar-refractivity contribution in [3.8, 4) is 11.5 Å². The lowest BCUT2D eigenvalue weighted by atomic mass is 10.1. The van der Waals surface area contributed by atoms with E-state index in [2.05, 4.69) is 16.8 Å². The molecule has 35 heavy (non-hydrogen) atoms. The van der Waals surface area contributed by atoms with Crippen LogP contribution in [0.1, 0.15) is 42.2 Å². The molecule has 0 fully saturated rings. The summed E-state index contributed by atoms with van der Waals surface area (Å²) in [6.45, 7) is 5.97. The lowest BCUT2D eigenvalue weighted by Gasteiger charge is -2.28. The molecule has 0 amide bonds. The van der Waals surface area contributed by atoms with Crippen LogP contribution in [0, 0.1) is 6.92 Å². The summed E-state index contributed by atoms with van der Waals surface area (Å²) in [5.41, 5.74) is 1.75. The molecule has 2 aromatic carbocycles. The van der Waals surface area contributed by atoms with Crippen LogP contribution in [-0.4, -0.2) is 42.4 Å². The molecule has 0 saturated heterocycles. The molecule has 0 bridgehead atoms. The van der Waals surface area contributed by atoms with Gasteiger partial charge in [0.2, 0.25) is 21.8 Å². The van der Waals surface area contributed by atoms with Crippen molar-refractivity contribution < 1.29 is 22.3 Å². The molecule has 0 aliphatic carbocycles. The van der Waals surface area contributed by atoms with Crippen molar-refractivity contribution in [1.29, 1.82) is 0 Å². The standard InChI is InChI=1S/C26H33N3O5S/c1-5-6-7-25(16-17-26-28-27-20(2)34-26)35(30,31)29(18-21-8-12-23(32-3)13-9-21)19-22-10-14-24(33-4)15-11-22/h5,8-15,25H,1,6-7,16-19H2,2-4H3/t25-/m1/s1. The SMILES string of the molecule is C=CCC[C@H](CCc1nnc(C)o1)S(=O)(=O)N(Cc1ccc(OC)cc1)Cc1ccc(OC)cc1. The van der Waals surface area contributed by atoms with Gasteiger partial charge in [-0.15, -0.1) is 16.8 Å². The topological polar surface area (TPSA) is 94.8 Å². The van der Waals surface area contributed by atoms with Gasteiger partial charge in [-0.05, 0) is 54.7 Å². The number of nitrogens with zero attached hydrogens (tertiary/aromatic N) is 3. The number of aryl methyl sites for hydroxylation is 2. The minimum absolute atomic E-state index is 0.239. The first kappa shape index (κ1) is 26.4. The van der Waals surface area contributed by atoms with E-state index in [-0.39, 0.29) is 13.1 Å². The van der Waals surface area contributed by atoms with E-state index in [1.807, 2.05) is 48.5 Å². The molecule has 1 heterocycles. The first-order valence-corrected chi connectivity index (χ1v) is 13.0. The van der Waals surface area contributed by atoms with Gasteiger partial charge in [-0.2, -0.15) is 4.31 Å². The number of hydrogen-bond donors (Lipinski definition) is 0. The molecule has 0 unspecified atom stereocenters. The second kappa shape index (κ2) is 12.5. The van der Waals surface area contributed by atoms with Gasteiger partial charge in [0.25, 0.3) is 0 Å². The Balaban J connectivity index is 1.89. The largest absolute Gasteiger partial charge is 0.497 e. The van der Waals surface area contributed by atoms with E-state index in [0.29, 0.717) is 37.5 Å². The van der Waals surface area contributed by atoms with Crippen LogP contribution < -0.4 is 9.47 Å². The molecular weight excluding hydrogens is 466 g/mol. The fourth-order valence-corrected chi connectivity index (χ4v) is 5.71. The summed E-state index contributed by atoms with van der Waals surface area (Å²) >= 11 is 0. The molecule has 1 atom stereocenters. The normalized spacial score (nSPS) is 12.5. The molecule has 0 N–H and O–H groups in total. The van der Waals surface area contributed by atoms with Crippen molar-refractivity contribution >= 4 is 10.0 Å². The number of ether oxygens (including phenoxy) is 2. The first-order chi connectivity index (χ1) is 16.8. The van der Waals surface area contributed by atoms with E-state index >= 15 is 0 Å². The van der Waals surface area contributed by atoms with E-state index in [4.69, 9.17) is 13.9 Å². The number of methoxy groups -OCH3 is 2. The Bertz CT molecular complexity index is 1120. The van der Waals surface area contributed by atoms with Gasteiger partial charge < -0.3 is 13.9 Å². The highest BCUT2D eigenvalue weighted by Gasteiger charge is 2.32. The average molecular weight is 500 g/mol. The van der Waals surface area contributed by atoms with Crippen molar-refractivity contribution in [2.24, 2.45) is 0 Å². The van der Waals surface area contributed by atoms with E-state index in [9.17, 15) is 8.42 Å². The molecule has 8 nitrogen and oxygen atoms in total. The number of benzene rings is 2. The van der Waals surface area contributed by atoms with Crippen LogP contribution >= 0.6 is 0 Å². The van der Waals surface area contributed by atoms with Gasteiger partial charge in [0.1, 0.15) is 11.5 Å². The Morgan fingerprint density at radius 2 is 1.49 bits per heavy atom. The van der Waals surface area contributed by atoms with Gasteiger partial charge in [-0.1, -0.05) is 30.3 Å². The van der Waals surface area contributed by atoms with Gasteiger partial charge in [0, 0.05) is 26.4 Å². The number of aromatic nitrogens is 2. The van der Waals surface area contributed by atoms with Gasteiger partial charge in [-0.3, -0.25) is 0 Å². The maximum atomic E-state index is 14.0. The van der Waals surface area contributed by atoms with Gasteiger partial charge in [0.15, 0.2) is 0 Å². The van der Waals surface area contributed by atoms with E-state index < -0.39 is 15.3 Å². The summed E-state index contributed by atoms with van der Waals surface area (Å²) < 4.78 is 45.5. The predicted molar refractivity (Wildman–Crippen MR) is 135 cm³/mol. The summed E-state index contributed by atoms with van der Waals surface area (Å²) in [6, 6.07) is 14.9. The third-order valence-corrected chi connectivity index (χ3v) is 8.05. The zero-order valence-electron chi connectivity index (χ0n) is 20.5. The van der Waals surface area contributed by atoms with Gasteiger partial charge >= 0.3 is 0 Å². The van der Waals surface area contributed by atoms with E-state index in [1.165, 1.54) is 0 Å². The van der Waals surface area contributed by atoms with Crippen molar-refractivity contribution in [2.75, 3.05) is 14.2 Å². The van der Waals surface area contributed by atoms with Crippen LogP contribution in [0.15, 0.2) is 65.6 Å². The maximum absolute atomic E-state index is 14.0. The summed E-state index contributed by atoms with van der Waals surface area (Å²) in [6.07, 6.45) is 3.56. The van der Waals surface area contributed by atoms with Crippen LogP contribution in [-0.2, 0) is 29.5 Å². The van der Waals surface area contributed by atoms with Crippen molar-refractivity contribution in [3.63, 3.8) is 0 Å². The van der Waals surface area contributed by atoms with Crippen LogP contribution in [0.4, 0.5) is 0 Å². The molecule has 3 rings (SSSR count). The number of hydrogen-bond acceptors (Lipinski definition) is 7. The molecular formula is C26H33N3O5S. The summed E-state index contributed by atoms with van der Waals surface area (Å²) in [7, 11) is -0.490. The Morgan fingerprint density at radius 1 is 0.943 bits per heavy atom. The smallest absolute Gasteiger partial charge is 0.217 e. The molecule has 3 aromatic rings. The Labute approximate surface area is 207 Å². The minimum atomic E-state index is -3.69. The zero-order chi connectivity index (χ0) is 25.3. The number of allylic oxidation sites excluding steroid dienone is 1. The lowest BCUT2D eigenvalue weighted by Crippen LogP contribution is -2.38. The van der Waals surface area contributed by atoms with E-state index in [0.717, 1.165) is 22.6 Å². The number of rotatable bonds is 14. The Morgan fingerprint density at radius 3 is 1.91 bits per heavy atom. The van der Waals surface area contributed by atoms with Crippen LogP contribution in [0.3, 0.4) is 0 Å². The highest BCUT2D eigenvalue weighted by molar-refractivity contribution is 7.89. The monoisotopic (exact) mass is 499 g/mol. The molecule has 0 saturated carbocycles. The molecule has 0 radical (unpaired) electrons. The van der Waals surface area contributed by atoms with Crippen molar-refractivity contribution in [2.45, 2.75) is 50.9 Å². The zero-order valence-corrected chi connectivity index (χ0v) is 21.3. The Hall–Kier alpha value is -3.17. The molecule has 1 aromatic heterocycles. The van der Waals surface area contributed by atoms with Crippen molar-refractivity contribution in [1.82, 2.24) is 14.5 Å². The Kier molecular flexibility index (Phi) is 9.45. The lowest BCUT2D eigenvalue weighted by molar-refractivity contribution is 0.384. The molecule has 188 valence electrons. The predicted octanol–water partition coefficient (Wildman–Crippen LogP) is 4.69. The van der Waals surface area contributed by atoms with E-state index in [1.54, 1.807) is 31.5 Å². The second-order valence-corrected chi connectivity index (χ2v) is 10.5. The molecule has 0 spiro atoms. The van der Waals surface area contributed by atoms with Crippen LogP contribution in [0.5, 0.6) is 11.5 Å². The first-order valence-electron chi connectivity index (χ1n) is 11.5. The number of sulfonamides is 1. The second-order valence-electron chi connectivity index (χ2n) is 8.25. The average Bonchev–Trinajstić information content (AvgIpc) is 3.29. The van der Waals surface area contributed by atoms with Crippen molar-refractivity contribution in [3.05, 3.63) is 84.1 Å². The fourth-order valence-electron chi connectivity index (χ4n) is 3.78. The maximum Gasteiger partial charge on any atom is 0.217 e. The third kappa shape index (κ3) is 7.40. The highest BCUT2D eigenvalue weighted by Crippen LogP contribution is 2.25. The van der Waals surface area contributed by atoms with Crippen LogP contribution in [0.2, 0.25) is 0 Å². The summed E-state index contributed by atoms with van der Waals surface area (Å²) in [5, 5.41) is 7.25. The summed E-state index contributed by atoms with van der Waals surface area (Å²) in [4.78, 5) is 0.